The van der Waals surface area contributed by atoms with Crippen LogP contribution >= 0.6 is 0 Å². The Bertz CT molecular complexity index is 1740. The van der Waals surface area contributed by atoms with E-state index in [0.717, 1.165) is 22.6 Å². The van der Waals surface area contributed by atoms with E-state index in [1.807, 2.05) is 25.9 Å². The van der Waals surface area contributed by atoms with Gasteiger partial charge in [-0.05, 0) is 82.0 Å². The molecule has 5 rings (SSSR count). The first-order chi connectivity index (χ1) is 21.0. The predicted octanol–water partition coefficient (Wildman–Crippen LogP) is 5.52. The Kier molecular flexibility index (Phi) is 8.63. The number of Topliss-reactive ketones (excluding diaryl/α,β-unsaturated/α-hetero) is 1. The summed E-state index contributed by atoms with van der Waals surface area (Å²) in [6.07, 6.45) is 0. The van der Waals surface area contributed by atoms with Gasteiger partial charge in [0.25, 0.3) is 5.91 Å². The Balaban J connectivity index is 1.60. The summed E-state index contributed by atoms with van der Waals surface area (Å²) in [6, 6.07) is 14.3. The van der Waals surface area contributed by atoms with Crippen LogP contribution in [0, 0.1) is 18.6 Å². The molecule has 3 aromatic carbocycles. The number of fused-ring (bicyclic) bond motifs is 1. The second kappa shape index (κ2) is 12.6. The van der Waals surface area contributed by atoms with E-state index in [1.165, 1.54) is 13.0 Å². The molecule has 3 N–H and O–H groups in total. The largest absolute Gasteiger partial charge is 0.353 e. The maximum Gasteiger partial charge on any atom is 0.328 e. The lowest BCUT2D eigenvalue weighted by Gasteiger charge is -2.31. The van der Waals surface area contributed by atoms with Crippen molar-refractivity contribution in [1.29, 1.82) is 0 Å². The quantitative estimate of drug-likeness (QED) is 0.217. The van der Waals surface area contributed by atoms with Crippen molar-refractivity contribution in [2.24, 2.45) is 0 Å². The van der Waals surface area contributed by atoms with Crippen molar-refractivity contribution in [3.63, 3.8) is 0 Å². The molecule has 4 aromatic rings. The van der Waals surface area contributed by atoms with E-state index in [-0.39, 0.29) is 24.1 Å². The number of carbonyl (C=O) groups excluding carboxylic acids is 3. The Labute approximate surface area is 253 Å². The first-order valence-electron chi connectivity index (χ1n) is 13.9. The number of aryl methyl sites for hydroxylation is 1. The highest BCUT2D eigenvalue weighted by atomic mass is 19.1. The van der Waals surface area contributed by atoms with Crippen molar-refractivity contribution in [3.05, 3.63) is 94.6 Å². The third-order valence-corrected chi connectivity index (χ3v) is 7.12. The number of rotatable bonds is 9. The Morgan fingerprint density at radius 3 is 2.34 bits per heavy atom. The molecule has 0 aliphatic carbocycles. The number of anilines is 4. The number of hydrogen-bond acceptors (Lipinski definition) is 7. The molecule has 0 atom stereocenters. The van der Waals surface area contributed by atoms with Crippen LogP contribution in [-0.4, -0.2) is 59.8 Å². The summed E-state index contributed by atoms with van der Waals surface area (Å²) in [7, 11) is 3.82. The molecule has 3 amide bonds. The van der Waals surface area contributed by atoms with Crippen LogP contribution in [0.2, 0.25) is 0 Å². The van der Waals surface area contributed by atoms with Gasteiger partial charge >= 0.3 is 6.03 Å². The van der Waals surface area contributed by atoms with Crippen LogP contribution in [0.25, 0.3) is 11.3 Å². The number of benzene rings is 3. The Morgan fingerprint density at radius 2 is 1.68 bits per heavy atom. The standard InChI is InChI=1S/C32H31F2N7O3/c1-18-8-9-21(30(43)37-22-12-10-20(11-13-22)19(2)42)16-23(18)27-24-17-36-32(44)41(28-25(33)6-5-7-26(28)34)29(24)39-31(38-27)35-14-15-40(3)4/h5-13,16H,14-15,17H2,1-4H3,(H,36,44)(H,37,43)(H,35,38,39). The van der Waals surface area contributed by atoms with E-state index in [2.05, 4.69) is 20.9 Å². The topological polar surface area (TPSA) is 120 Å². The lowest BCUT2D eigenvalue weighted by atomic mass is 9.97. The lowest BCUT2D eigenvalue weighted by Crippen LogP contribution is -2.43. The Hall–Kier alpha value is -5.23. The maximum atomic E-state index is 15.0. The molecule has 0 bridgehead atoms. The van der Waals surface area contributed by atoms with Crippen LogP contribution in [0.4, 0.5) is 36.7 Å². The average molecular weight is 600 g/mol. The van der Waals surface area contributed by atoms with Gasteiger partial charge in [0.2, 0.25) is 5.95 Å². The van der Waals surface area contributed by atoms with Gasteiger partial charge in [-0.2, -0.15) is 4.98 Å². The van der Waals surface area contributed by atoms with Crippen LogP contribution in [0.3, 0.4) is 0 Å². The summed E-state index contributed by atoms with van der Waals surface area (Å²) in [6.45, 7) is 4.40. The van der Waals surface area contributed by atoms with E-state index >= 15 is 0 Å². The van der Waals surface area contributed by atoms with Gasteiger partial charge in [0.05, 0.1) is 12.2 Å². The molecule has 0 unspecified atom stereocenters. The number of ketones is 1. The molecular weight excluding hydrogens is 568 g/mol. The van der Waals surface area contributed by atoms with Crippen LogP contribution < -0.4 is 20.9 Å². The molecular formula is C32H31F2N7O3. The molecule has 0 spiro atoms. The fourth-order valence-corrected chi connectivity index (χ4v) is 4.77. The number of hydrogen-bond donors (Lipinski definition) is 3. The summed E-state index contributed by atoms with van der Waals surface area (Å²) in [5.41, 5.74) is 2.97. The zero-order valence-electron chi connectivity index (χ0n) is 24.7. The molecule has 1 aromatic heterocycles. The predicted molar refractivity (Wildman–Crippen MR) is 164 cm³/mol. The number of halogens is 2. The second-order valence-electron chi connectivity index (χ2n) is 10.6. The van der Waals surface area contributed by atoms with Crippen LogP contribution in [0.1, 0.15) is 38.8 Å². The fraction of sp³-hybridized carbons (Fsp3) is 0.219. The van der Waals surface area contributed by atoms with Crippen molar-refractivity contribution in [2.75, 3.05) is 42.7 Å². The number of nitrogens with zero attached hydrogens (tertiary/aromatic N) is 4. The molecule has 44 heavy (non-hydrogen) atoms. The number of nitrogens with one attached hydrogen (secondary N) is 3. The van der Waals surface area contributed by atoms with Crippen molar-refractivity contribution in [1.82, 2.24) is 20.2 Å². The maximum absolute atomic E-state index is 15.0. The minimum absolute atomic E-state index is 0.00753. The summed E-state index contributed by atoms with van der Waals surface area (Å²) in [4.78, 5) is 50.1. The minimum Gasteiger partial charge on any atom is -0.353 e. The number of urea groups is 1. The number of likely N-dealkylation sites (N-methyl/N-ethyl adjacent to an activating group) is 1. The van der Waals surface area contributed by atoms with Crippen LogP contribution in [-0.2, 0) is 6.54 Å². The van der Waals surface area contributed by atoms with Crippen molar-refractivity contribution in [2.45, 2.75) is 20.4 Å². The monoisotopic (exact) mass is 599 g/mol. The van der Waals surface area contributed by atoms with E-state index in [4.69, 9.17) is 4.98 Å². The molecule has 0 fully saturated rings. The molecule has 1 aliphatic rings. The smallest absolute Gasteiger partial charge is 0.328 e. The van der Waals surface area contributed by atoms with Crippen molar-refractivity contribution in [3.8, 4) is 11.3 Å². The minimum atomic E-state index is -0.929. The lowest BCUT2D eigenvalue weighted by molar-refractivity contribution is 0.101. The third kappa shape index (κ3) is 6.25. The molecule has 0 saturated carbocycles. The number of amides is 3. The normalized spacial score (nSPS) is 12.5. The number of carbonyl (C=O) groups is 3. The first-order valence-corrected chi connectivity index (χ1v) is 13.9. The van der Waals surface area contributed by atoms with E-state index in [0.29, 0.717) is 46.7 Å². The molecule has 10 nitrogen and oxygen atoms in total. The summed E-state index contributed by atoms with van der Waals surface area (Å²) < 4.78 is 30.0. The van der Waals surface area contributed by atoms with Gasteiger partial charge in [0.15, 0.2) is 11.6 Å². The van der Waals surface area contributed by atoms with E-state index in [9.17, 15) is 23.2 Å². The number of aromatic nitrogens is 2. The van der Waals surface area contributed by atoms with Crippen LogP contribution in [0.15, 0.2) is 60.7 Å². The summed E-state index contributed by atoms with van der Waals surface area (Å²) in [5.74, 6) is -2.16. The number of para-hydroxylation sites is 1. The van der Waals surface area contributed by atoms with Gasteiger partial charge in [-0.3, -0.25) is 9.59 Å². The average Bonchev–Trinajstić information content (AvgIpc) is 2.98. The van der Waals surface area contributed by atoms with Crippen LogP contribution in [0.5, 0.6) is 0 Å². The van der Waals surface area contributed by atoms with Gasteiger partial charge in [0.1, 0.15) is 17.3 Å². The molecule has 2 heterocycles. The first kappa shape index (κ1) is 30.2. The van der Waals surface area contributed by atoms with Crippen molar-refractivity contribution < 1.29 is 23.2 Å². The van der Waals surface area contributed by atoms with E-state index in [1.54, 1.807) is 42.5 Å². The zero-order valence-corrected chi connectivity index (χ0v) is 24.7. The summed E-state index contributed by atoms with van der Waals surface area (Å²) >= 11 is 0. The highest BCUT2D eigenvalue weighted by Crippen LogP contribution is 2.39. The zero-order chi connectivity index (χ0) is 31.5. The van der Waals surface area contributed by atoms with Gasteiger partial charge < -0.3 is 20.9 Å². The fourth-order valence-electron chi connectivity index (χ4n) is 4.77. The molecule has 1 aliphatic heterocycles. The molecule has 0 saturated heterocycles. The molecule has 12 heteroatoms. The SMILES string of the molecule is CC(=O)c1ccc(NC(=O)c2ccc(C)c(-c3nc(NCCN(C)C)nc4c3CNC(=O)N4c3c(F)cccc3F)c2)cc1. The third-order valence-electron chi connectivity index (χ3n) is 7.12. The molecule has 0 radical (unpaired) electrons. The van der Waals surface area contributed by atoms with E-state index < -0.39 is 29.3 Å². The highest BCUT2D eigenvalue weighted by Gasteiger charge is 2.34. The van der Waals surface area contributed by atoms with Gasteiger partial charge in [0, 0.05) is 41.0 Å². The second-order valence-corrected chi connectivity index (χ2v) is 10.6. The van der Waals surface area contributed by atoms with Gasteiger partial charge in [-0.25, -0.2) is 23.5 Å². The highest BCUT2D eigenvalue weighted by molar-refractivity contribution is 6.06. The van der Waals surface area contributed by atoms with Gasteiger partial charge in [-0.1, -0.05) is 12.1 Å². The van der Waals surface area contributed by atoms with Gasteiger partial charge in [-0.15, -0.1) is 0 Å². The molecule has 226 valence electrons. The Morgan fingerprint density at radius 1 is 1.00 bits per heavy atom. The van der Waals surface area contributed by atoms with Crippen molar-refractivity contribution >= 4 is 40.9 Å². The summed E-state index contributed by atoms with van der Waals surface area (Å²) in [5, 5.41) is 8.65.